The van der Waals surface area contributed by atoms with Crippen molar-refractivity contribution in [1.82, 2.24) is 29.7 Å². The van der Waals surface area contributed by atoms with Crippen molar-refractivity contribution in [2.24, 2.45) is 12.5 Å². The fourth-order valence-electron chi connectivity index (χ4n) is 4.68. The summed E-state index contributed by atoms with van der Waals surface area (Å²) >= 11 is 0. The molecule has 4 heterocycles. The molecule has 0 spiro atoms. The molecule has 34 heavy (non-hydrogen) atoms. The van der Waals surface area contributed by atoms with Gasteiger partial charge in [-0.1, -0.05) is 16.9 Å². The normalized spacial score (nSPS) is 17.9. The van der Waals surface area contributed by atoms with Crippen molar-refractivity contribution in [2.75, 3.05) is 26.3 Å². The summed E-state index contributed by atoms with van der Waals surface area (Å²) in [7, 11) is 1.84. The number of aromatic nitrogens is 5. The maximum atomic E-state index is 13.1. The number of aryl methyl sites for hydroxylation is 1. The smallest absolute Gasteiger partial charge is 0.313 e. The van der Waals surface area contributed by atoms with E-state index in [1.807, 2.05) is 37.5 Å². The Labute approximate surface area is 196 Å². The molecule has 1 N–H and O–H groups in total. The molecule has 0 saturated carbocycles. The van der Waals surface area contributed by atoms with Crippen LogP contribution in [-0.2, 0) is 16.6 Å². The summed E-state index contributed by atoms with van der Waals surface area (Å²) in [5.74, 6) is -0.873. The molecule has 1 aromatic carbocycles. The molecule has 5 rings (SSSR count). The van der Waals surface area contributed by atoms with E-state index in [4.69, 9.17) is 4.74 Å². The molecule has 3 aromatic rings. The van der Waals surface area contributed by atoms with Crippen LogP contribution in [0.1, 0.15) is 29.6 Å². The molecule has 1 saturated heterocycles. The van der Waals surface area contributed by atoms with Crippen LogP contribution < -0.4 is 0 Å². The molecule has 10 heteroatoms. The molecule has 10 nitrogen and oxygen atoms in total. The quantitative estimate of drug-likeness (QED) is 0.579. The summed E-state index contributed by atoms with van der Waals surface area (Å²) in [5, 5.41) is 22.6. The molecule has 2 aliphatic rings. The van der Waals surface area contributed by atoms with E-state index in [2.05, 4.69) is 15.4 Å². The molecular formula is C24H26N6O4. The number of amides is 1. The summed E-state index contributed by atoms with van der Waals surface area (Å²) in [6, 6.07) is 9.08. The number of benzene rings is 1. The lowest BCUT2D eigenvalue weighted by atomic mass is 9.71. The maximum absolute atomic E-state index is 13.1. The van der Waals surface area contributed by atoms with Crippen LogP contribution in [0, 0.1) is 5.41 Å². The van der Waals surface area contributed by atoms with Gasteiger partial charge in [-0.2, -0.15) is 5.10 Å². The van der Waals surface area contributed by atoms with Gasteiger partial charge in [-0.05, 0) is 49.6 Å². The average Bonchev–Trinajstić information content (AvgIpc) is 3.53. The van der Waals surface area contributed by atoms with E-state index >= 15 is 0 Å². The fraction of sp³-hybridized carbons (Fsp3) is 0.375. The zero-order valence-electron chi connectivity index (χ0n) is 18.9. The highest BCUT2D eigenvalue weighted by molar-refractivity contribution is 5.94. The highest BCUT2D eigenvalue weighted by Crippen LogP contribution is 2.41. The minimum Gasteiger partial charge on any atom is -0.481 e. The van der Waals surface area contributed by atoms with Gasteiger partial charge in [0, 0.05) is 45.1 Å². The van der Waals surface area contributed by atoms with Crippen molar-refractivity contribution in [1.29, 1.82) is 0 Å². The zero-order valence-corrected chi connectivity index (χ0v) is 18.9. The number of carbonyl (C=O) groups is 2. The van der Waals surface area contributed by atoms with Crippen molar-refractivity contribution in [3.05, 3.63) is 59.9 Å². The molecule has 2 aliphatic heterocycles. The standard InChI is InChI=1S/C24H26N6O4/c1-28-11-8-20(26-28)21-16-30(27-25-21)19-4-2-17(3-5-19)22(31)29-12-6-18(7-13-29)24(23(32)33)9-14-34-15-10-24/h2-6,8,11,16H,7,9-10,12-15H2,1H3,(H,32,33). The molecule has 176 valence electrons. The van der Waals surface area contributed by atoms with E-state index < -0.39 is 11.4 Å². The van der Waals surface area contributed by atoms with Crippen molar-refractivity contribution < 1.29 is 19.4 Å². The summed E-state index contributed by atoms with van der Waals surface area (Å²) in [6.07, 6.45) is 7.08. The summed E-state index contributed by atoms with van der Waals surface area (Å²) in [5.41, 5.74) is 2.82. The van der Waals surface area contributed by atoms with Crippen LogP contribution in [0.25, 0.3) is 17.1 Å². The number of hydrogen-bond acceptors (Lipinski definition) is 6. The van der Waals surface area contributed by atoms with Gasteiger partial charge in [0.15, 0.2) is 0 Å². The fourth-order valence-corrected chi connectivity index (χ4v) is 4.68. The monoisotopic (exact) mass is 462 g/mol. The van der Waals surface area contributed by atoms with Gasteiger partial charge in [-0.15, -0.1) is 5.10 Å². The van der Waals surface area contributed by atoms with E-state index in [1.165, 1.54) is 0 Å². The zero-order chi connectivity index (χ0) is 23.7. The van der Waals surface area contributed by atoms with Crippen LogP contribution in [-0.4, -0.2) is 73.0 Å². The number of rotatable bonds is 5. The van der Waals surface area contributed by atoms with Gasteiger partial charge in [0.25, 0.3) is 5.91 Å². The van der Waals surface area contributed by atoms with Crippen molar-refractivity contribution >= 4 is 11.9 Å². The molecule has 0 atom stereocenters. The third-order valence-corrected chi connectivity index (χ3v) is 6.71. The number of nitrogens with zero attached hydrogens (tertiary/aromatic N) is 6. The largest absolute Gasteiger partial charge is 0.481 e. The van der Waals surface area contributed by atoms with Crippen LogP contribution in [0.3, 0.4) is 0 Å². The molecule has 1 amide bonds. The van der Waals surface area contributed by atoms with Crippen molar-refractivity contribution in [2.45, 2.75) is 19.3 Å². The average molecular weight is 463 g/mol. The van der Waals surface area contributed by atoms with Crippen LogP contribution in [0.5, 0.6) is 0 Å². The number of carboxylic acids is 1. The number of carboxylic acid groups (broad SMARTS) is 1. The first-order valence-electron chi connectivity index (χ1n) is 11.3. The summed E-state index contributed by atoms with van der Waals surface area (Å²) in [4.78, 5) is 26.9. The first-order valence-corrected chi connectivity index (χ1v) is 11.3. The number of ether oxygens (including phenoxy) is 1. The predicted molar refractivity (Wildman–Crippen MR) is 122 cm³/mol. The van der Waals surface area contributed by atoms with Gasteiger partial charge in [-0.25, -0.2) is 4.68 Å². The lowest BCUT2D eigenvalue weighted by Gasteiger charge is -2.38. The summed E-state index contributed by atoms with van der Waals surface area (Å²) in [6.45, 7) is 1.81. The van der Waals surface area contributed by atoms with E-state index in [-0.39, 0.29) is 5.91 Å². The second-order valence-electron chi connectivity index (χ2n) is 8.70. The molecule has 1 fully saturated rings. The Kier molecular flexibility index (Phi) is 5.74. The van der Waals surface area contributed by atoms with Gasteiger partial charge in [-0.3, -0.25) is 14.3 Å². The van der Waals surface area contributed by atoms with Crippen LogP contribution in [0.4, 0.5) is 0 Å². The first-order chi connectivity index (χ1) is 16.5. The van der Waals surface area contributed by atoms with Gasteiger partial charge in [0.05, 0.1) is 17.3 Å². The second-order valence-corrected chi connectivity index (χ2v) is 8.70. The molecule has 2 aromatic heterocycles. The van der Waals surface area contributed by atoms with E-state index in [1.54, 1.807) is 32.6 Å². The molecule has 0 bridgehead atoms. The lowest BCUT2D eigenvalue weighted by Crippen LogP contribution is -2.43. The van der Waals surface area contributed by atoms with Crippen LogP contribution >= 0.6 is 0 Å². The highest BCUT2D eigenvalue weighted by atomic mass is 16.5. The van der Waals surface area contributed by atoms with Gasteiger partial charge in [0.1, 0.15) is 11.4 Å². The number of aliphatic carboxylic acids is 1. The Morgan fingerprint density at radius 2 is 1.85 bits per heavy atom. The Balaban J connectivity index is 1.27. The van der Waals surface area contributed by atoms with Crippen molar-refractivity contribution in [3.63, 3.8) is 0 Å². The molecular weight excluding hydrogens is 436 g/mol. The summed E-state index contributed by atoms with van der Waals surface area (Å²) < 4.78 is 8.73. The second kappa shape index (κ2) is 8.86. The maximum Gasteiger partial charge on any atom is 0.313 e. The molecule has 0 radical (unpaired) electrons. The van der Waals surface area contributed by atoms with E-state index in [9.17, 15) is 14.7 Å². The SMILES string of the molecule is Cn1ccc(-c2cn(-c3ccc(C(=O)N4CC=C(C5(C(=O)O)CCOCC5)CC4)cc3)nn2)n1. The molecule has 0 unspecified atom stereocenters. The Morgan fingerprint density at radius 1 is 1.09 bits per heavy atom. The van der Waals surface area contributed by atoms with Gasteiger partial charge >= 0.3 is 5.97 Å². The van der Waals surface area contributed by atoms with E-state index in [0.717, 1.165) is 17.0 Å². The Bertz CT molecular complexity index is 1240. The van der Waals surface area contributed by atoms with Crippen molar-refractivity contribution in [3.8, 4) is 17.1 Å². The number of hydrogen-bond donors (Lipinski definition) is 1. The third-order valence-electron chi connectivity index (χ3n) is 6.71. The van der Waals surface area contributed by atoms with Crippen LogP contribution in [0.15, 0.2) is 54.4 Å². The first kappa shape index (κ1) is 22.0. The van der Waals surface area contributed by atoms with E-state index in [0.29, 0.717) is 56.8 Å². The lowest BCUT2D eigenvalue weighted by molar-refractivity contribution is -0.151. The topological polar surface area (TPSA) is 115 Å². The minimum absolute atomic E-state index is 0.0778. The Hall–Kier alpha value is -3.79. The highest BCUT2D eigenvalue weighted by Gasteiger charge is 2.44. The predicted octanol–water partition coefficient (Wildman–Crippen LogP) is 2.32. The Morgan fingerprint density at radius 3 is 2.47 bits per heavy atom. The number of carbonyl (C=O) groups excluding carboxylic acids is 1. The van der Waals surface area contributed by atoms with Crippen LogP contribution in [0.2, 0.25) is 0 Å². The van der Waals surface area contributed by atoms with Gasteiger partial charge in [0.2, 0.25) is 0 Å². The third kappa shape index (κ3) is 4.01. The molecule has 0 aliphatic carbocycles. The van der Waals surface area contributed by atoms with Gasteiger partial charge < -0.3 is 14.7 Å². The minimum atomic E-state index is -0.860.